The molecule has 0 aliphatic carbocycles. The summed E-state index contributed by atoms with van der Waals surface area (Å²) in [5, 5.41) is 9.51. The van der Waals surface area contributed by atoms with Crippen molar-refractivity contribution in [1.29, 1.82) is 0 Å². The Morgan fingerprint density at radius 3 is 2.74 bits per heavy atom. The maximum absolute atomic E-state index is 12.5. The molecule has 2 unspecified atom stereocenters. The fourth-order valence-corrected chi connectivity index (χ4v) is 2.67. The van der Waals surface area contributed by atoms with Crippen LogP contribution in [0.25, 0.3) is 0 Å². The molecule has 0 fully saturated rings. The van der Waals surface area contributed by atoms with E-state index < -0.39 is 6.36 Å². The number of halogens is 3. The van der Waals surface area contributed by atoms with E-state index in [1.807, 2.05) is 36.5 Å². The number of nitrogens with zero attached hydrogens (tertiary/aromatic N) is 3. The molecule has 5 nitrogen and oxygen atoms in total. The third-order valence-electron chi connectivity index (χ3n) is 4.73. The lowest BCUT2D eigenvalue weighted by Gasteiger charge is -2.25. The predicted molar refractivity (Wildman–Crippen MR) is 120 cm³/mol. The summed E-state index contributed by atoms with van der Waals surface area (Å²) in [5.41, 5.74) is 2.34. The Kier molecular flexibility index (Phi) is 8.47. The van der Waals surface area contributed by atoms with Crippen molar-refractivity contribution in [2.75, 3.05) is 12.4 Å². The number of allylic oxidation sites excluding steroid dienone is 3. The zero-order valence-electron chi connectivity index (χ0n) is 18.4. The highest BCUT2D eigenvalue weighted by molar-refractivity contribution is 6.04. The highest BCUT2D eigenvalue weighted by atomic mass is 19.4. The molecule has 1 aromatic carbocycles. The van der Waals surface area contributed by atoms with Crippen LogP contribution in [-0.2, 0) is 0 Å². The first-order valence-corrected chi connectivity index (χ1v) is 10.1. The smallest absolute Gasteiger partial charge is 0.406 e. The molecule has 1 aromatic rings. The van der Waals surface area contributed by atoms with E-state index in [9.17, 15) is 13.2 Å². The van der Waals surface area contributed by atoms with Gasteiger partial charge >= 0.3 is 6.36 Å². The number of rotatable bonds is 7. The zero-order chi connectivity index (χ0) is 23.0. The van der Waals surface area contributed by atoms with Crippen LogP contribution in [0.5, 0.6) is 5.75 Å². The summed E-state index contributed by atoms with van der Waals surface area (Å²) in [6.07, 6.45) is 6.12. The van der Waals surface area contributed by atoms with Gasteiger partial charge in [0.25, 0.3) is 0 Å². The lowest BCUT2D eigenvalue weighted by atomic mass is 10.0. The van der Waals surface area contributed by atoms with E-state index in [1.165, 1.54) is 18.2 Å². The number of anilines is 1. The van der Waals surface area contributed by atoms with Crippen molar-refractivity contribution < 1.29 is 17.9 Å². The van der Waals surface area contributed by atoms with E-state index in [4.69, 9.17) is 0 Å². The van der Waals surface area contributed by atoms with E-state index in [2.05, 4.69) is 47.0 Å². The predicted octanol–water partition coefficient (Wildman–Crippen LogP) is 6.15. The minimum Gasteiger partial charge on any atom is -0.406 e. The summed E-state index contributed by atoms with van der Waals surface area (Å²) in [4.78, 5) is 4.20. The first-order valence-electron chi connectivity index (χ1n) is 10.1. The molecule has 1 aliphatic heterocycles. The number of amidine groups is 1. The summed E-state index contributed by atoms with van der Waals surface area (Å²) < 4.78 is 41.3. The largest absolute Gasteiger partial charge is 0.573 e. The molecule has 1 aliphatic rings. The van der Waals surface area contributed by atoms with E-state index in [0.29, 0.717) is 17.4 Å². The molecule has 1 heterocycles. The fourth-order valence-electron chi connectivity index (χ4n) is 2.67. The van der Waals surface area contributed by atoms with Crippen LogP contribution in [-0.4, -0.2) is 36.5 Å². The normalized spacial score (nSPS) is 18.9. The van der Waals surface area contributed by atoms with Gasteiger partial charge in [-0.05, 0) is 55.5 Å². The minimum absolute atomic E-state index is 0.144. The third-order valence-corrected chi connectivity index (χ3v) is 4.73. The van der Waals surface area contributed by atoms with Gasteiger partial charge in [0.2, 0.25) is 0 Å². The molecule has 8 heteroatoms. The lowest BCUT2D eigenvalue weighted by molar-refractivity contribution is -0.274. The summed E-state index contributed by atoms with van der Waals surface area (Å²) in [6, 6.07) is 5.79. The second-order valence-corrected chi connectivity index (χ2v) is 7.35. The molecule has 0 aromatic heterocycles. The second-order valence-electron chi connectivity index (χ2n) is 7.35. The number of benzene rings is 1. The average molecular weight is 435 g/mol. The number of hydrogen-bond acceptors (Lipinski definition) is 4. The Labute approximate surface area is 181 Å². The van der Waals surface area contributed by atoms with Gasteiger partial charge in [-0.25, -0.2) is 0 Å². The van der Waals surface area contributed by atoms with Crippen LogP contribution >= 0.6 is 0 Å². The fraction of sp³-hybridized carbons (Fsp3) is 0.391. The maximum Gasteiger partial charge on any atom is 0.573 e. The number of aliphatic imine (C=N–C) groups is 1. The standard InChI is InChI=1S/C23H29F3N4O/c1-6-16(2)14-28-30-15-19(11-10-18(30)4)17(3)12-22(27-5)29-20-8-7-9-21(13-20)31-23(24,25)26/h7-16,18H,6H2,1-5H3,(H,27,29)/b17-12+,28-14-. The van der Waals surface area contributed by atoms with E-state index in [1.54, 1.807) is 13.1 Å². The Bertz CT molecular complexity index is 900. The highest BCUT2D eigenvalue weighted by Gasteiger charge is 2.31. The van der Waals surface area contributed by atoms with Crippen molar-refractivity contribution in [3.63, 3.8) is 0 Å². The molecule has 2 rings (SSSR count). The number of alkyl halides is 3. The Balaban J connectivity index is 2.16. The van der Waals surface area contributed by atoms with E-state index in [0.717, 1.165) is 17.6 Å². The SMILES string of the molecule is CCC(C)/C=N\N1C=C(/C(C)=C/C(=N\C)Nc2cccc(OC(F)(F)F)c2)C=CC1C. The summed E-state index contributed by atoms with van der Waals surface area (Å²) in [5.74, 6) is 0.603. The van der Waals surface area contributed by atoms with Crippen molar-refractivity contribution in [3.05, 3.63) is 59.8 Å². The van der Waals surface area contributed by atoms with Crippen LogP contribution in [0.2, 0.25) is 0 Å². The van der Waals surface area contributed by atoms with Crippen molar-refractivity contribution in [2.45, 2.75) is 46.5 Å². The Hall–Kier alpha value is -3.03. The third kappa shape index (κ3) is 7.96. The van der Waals surface area contributed by atoms with Gasteiger partial charge in [0, 0.05) is 31.2 Å². The monoisotopic (exact) mass is 434 g/mol. The molecule has 1 N–H and O–H groups in total. The molecular weight excluding hydrogens is 405 g/mol. The number of hydrazone groups is 1. The van der Waals surface area contributed by atoms with Gasteiger partial charge in [-0.1, -0.05) is 32.1 Å². The number of hydrogen-bond donors (Lipinski definition) is 1. The number of nitrogens with one attached hydrogen (secondary N) is 1. The van der Waals surface area contributed by atoms with Crippen LogP contribution in [0.3, 0.4) is 0 Å². The van der Waals surface area contributed by atoms with Gasteiger partial charge in [-0.3, -0.25) is 10.0 Å². The van der Waals surface area contributed by atoms with Gasteiger partial charge in [-0.15, -0.1) is 13.2 Å². The van der Waals surface area contributed by atoms with Crippen LogP contribution in [0, 0.1) is 5.92 Å². The van der Waals surface area contributed by atoms with Crippen LogP contribution in [0.1, 0.15) is 34.1 Å². The van der Waals surface area contributed by atoms with Gasteiger partial charge in [0.05, 0.1) is 6.04 Å². The van der Waals surface area contributed by atoms with Gasteiger partial charge in [-0.2, -0.15) is 5.10 Å². The summed E-state index contributed by atoms with van der Waals surface area (Å²) >= 11 is 0. The molecular formula is C23H29F3N4O. The topological polar surface area (TPSA) is 49.2 Å². The molecule has 31 heavy (non-hydrogen) atoms. The quantitative estimate of drug-likeness (QED) is 0.414. The Morgan fingerprint density at radius 1 is 1.35 bits per heavy atom. The Morgan fingerprint density at radius 2 is 2.10 bits per heavy atom. The molecule has 0 saturated carbocycles. The van der Waals surface area contributed by atoms with Gasteiger partial charge < -0.3 is 10.1 Å². The molecule has 0 spiro atoms. The second kappa shape index (κ2) is 10.8. The number of ether oxygens (including phenoxy) is 1. The summed E-state index contributed by atoms with van der Waals surface area (Å²) in [7, 11) is 1.61. The molecule has 2 atom stereocenters. The van der Waals surface area contributed by atoms with E-state index >= 15 is 0 Å². The molecule has 0 radical (unpaired) electrons. The van der Waals surface area contributed by atoms with Crippen molar-refractivity contribution in [2.24, 2.45) is 16.0 Å². The summed E-state index contributed by atoms with van der Waals surface area (Å²) in [6.45, 7) is 8.24. The molecule has 0 saturated heterocycles. The molecule has 168 valence electrons. The highest BCUT2D eigenvalue weighted by Crippen LogP contribution is 2.25. The first kappa shape index (κ1) is 24.2. The minimum atomic E-state index is -4.74. The van der Waals surface area contributed by atoms with Crippen LogP contribution in [0.4, 0.5) is 18.9 Å². The van der Waals surface area contributed by atoms with Crippen molar-refractivity contribution in [1.82, 2.24) is 5.01 Å². The zero-order valence-corrected chi connectivity index (χ0v) is 18.4. The van der Waals surface area contributed by atoms with Gasteiger partial charge in [0.1, 0.15) is 11.6 Å². The van der Waals surface area contributed by atoms with Crippen LogP contribution < -0.4 is 10.1 Å². The van der Waals surface area contributed by atoms with Crippen LogP contribution in [0.15, 0.2) is 69.9 Å². The molecule has 0 amide bonds. The van der Waals surface area contributed by atoms with Crippen molar-refractivity contribution >= 4 is 17.7 Å². The maximum atomic E-state index is 12.5. The van der Waals surface area contributed by atoms with E-state index in [-0.39, 0.29) is 11.8 Å². The lowest BCUT2D eigenvalue weighted by Crippen LogP contribution is -2.24. The average Bonchev–Trinajstić information content (AvgIpc) is 2.71. The molecule has 0 bridgehead atoms. The van der Waals surface area contributed by atoms with Crippen molar-refractivity contribution in [3.8, 4) is 5.75 Å². The van der Waals surface area contributed by atoms with Gasteiger partial charge in [0.15, 0.2) is 0 Å². The first-order chi connectivity index (χ1) is 14.6.